The van der Waals surface area contributed by atoms with Crippen molar-refractivity contribution in [3.63, 3.8) is 0 Å². The predicted molar refractivity (Wildman–Crippen MR) is 114 cm³/mol. The van der Waals surface area contributed by atoms with Crippen LogP contribution in [0.3, 0.4) is 0 Å². The Morgan fingerprint density at radius 2 is 1.89 bits per heavy atom. The zero-order valence-corrected chi connectivity index (χ0v) is 16.8. The molecule has 0 radical (unpaired) electrons. The van der Waals surface area contributed by atoms with Gasteiger partial charge in [0.05, 0.1) is 21.3 Å². The Morgan fingerprint density at radius 1 is 1.18 bits per heavy atom. The normalized spacial score (nSPS) is 10.9. The van der Waals surface area contributed by atoms with Crippen LogP contribution in [0.4, 0.5) is 11.4 Å². The lowest BCUT2D eigenvalue weighted by atomic mass is 10.0. The van der Waals surface area contributed by atoms with Crippen molar-refractivity contribution < 1.29 is 10.0 Å². The van der Waals surface area contributed by atoms with Crippen molar-refractivity contribution in [2.75, 3.05) is 5.43 Å². The second kappa shape index (κ2) is 8.86. The van der Waals surface area contributed by atoms with Gasteiger partial charge in [0.2, 0.25) is 0 Å². The molecule has 0 bridgehead atoms. The van der Waals surface area contributed by atoms with E-state index in [-0.39, 0.29) is 11.4 Å². The Labute approximate surface area is 174 Å². The molecule has 8 heteroatoms. The molecule has 6 nitrogen and oxygen atoms in total. The molecule has 142 valence electrons. The van der Waals surface area contributed by atoms with Gasteiger partial charge in [0.25, 0.3) is 5.69 Å². The first-order chi connectivity index (χ1) is 13.4. The Kier molecular flexibility index (Phi) is 6.28. The number of non-ortho nitro benzene ring substituents is 1. The summed E-state index contributed by atoms with van der Waals surface area (Å²) in [5.41, 5.74) is 5.83. The van der Waals surface area contributed by atoms with Crippen molar-refractivity contribution in [1.29, 1.82) is 0 Å². The van der Waals surface area contributed by atoms with Gasteiger partial charge in [-0.3, -0.25) is 15.5 Å². The number of aromatic hydroxyl groups is 1. The summed E-state index contributed by atoms with van der Waals surface area (Å²) < 4.78 is 0.550. The van der Waals surface area contributed by atoms with Crippen molar-refractivity contribution in [2.24, 2.45) is 5.10 Å². The highest BCUT2D eigenvalue weighted by Gasteiger charge is 2.09. The van der Waals surface area contributed by atoms with Gasteiger partial charge in [-0.2, -0.15) is 5.10 Å². The zero-order valence-electron chi connectivity index (χ0n) is 14.5. The Bertz CT molecular complexity index is 1040. The van der Waals surface area contributed by atoms with E-state index < -0.39 is 4.92 Å². The molecule has 0 amide bonds. The average Bonchev–Trinajstić information content (AvgIpc) is 2.67. The molecule has 0 aromatic heterocycles. The van der Waals surface area contributed by atoms with Crippen LogP contribution in [-0.4, -0.2) is 16.2 Å². The molecule has 0 heterocycles. The molecule has 0 saturated heterocycles. The number of anilines is 1. The molecule has 3 aromatic rings. The van der Waals surface area contributed by atoms with Gasteiger partial charge in [-0.1, -0.05) is 29.8 Å². The van der Waals surface area contributed by atoms with Crippen molar-refractivity contribution in [3.05, 3.63) is 97.0 Å². The molecule has 0 unspecified atom stereocenters. The third-order valence-corrected chi connectivity index (χ3v) is 4.95. The minimum absolute atomic E-state index is 0.00313. The first kappa shape index (κ1) is 19.9. The quantitative estimate of drug-likeness (QED) is 0.278. The van der Waals surface area contributed by atoms with Crippen LogP contribution in [0.5, 0.6) is 5.75 Å². The number of hydrazone groups is 1. The number of hydrogen-bond donors (Lipinski definition) is 2. The van der Waals surface area contributed by atoms with Crippen LogP contribution in [0.2, 0.25) is 5.02 Å². The summed E-state index contributed by atoms with van der Waals surface area (Å²) in [7, 11) is 0. The lowest BCUT2D eigenvalue weighted by molar-refractivity contribution is -0.384. The summed E-state index contributed by atoms with van der Waals surface area (Å²) in [6.07, 6.45) is 2.09. The SMILES string of the molecule is O=[N+]([O-])c1ccc(N/N=C/c2cc(Cc3ccccc3Cl)cc(Br)c2O)cc1. The maximum Gasteiger partial charge on any atom is 0.269 e. The van der Waals surface area contributed by atoms with Crippen LogP contribution in [0.15, 0.2) is 70.2 Å². The van der Waals surface area contributed by atoms with Gasteiger partial charge < -0.3 is 5.11 Å². The summed E-state index contributed by atoms with van der Waals surface area (Å²) in [4.78, 5) is 10.2. The summed E-state index contributed by atoms with van der Waals surface area (Å²) >= 11 is 9.59. The number of phenolic OH excluding ortho intramolecular Hbond substituents is 1. The number of nitro benzene ring substituents is 1. The van der Waals surface area contributed by atoms with Gasteiger partial charge in [0, 0.05) is 22.7 Å². The van der Waals surface area contributed by atoms with Crippen LogP contribution < -0.4 is 5.43 Å². The van der Waals surface area contributed by atoms with Gasteiger partial charge in [-0.15, -0.1) is 0 Å². The Balaban J connectivity index is 1.77. The van der Waals surface area contributed by atoms with Crippen molar-refractivity contribution in [3.8, 4) is 5.75 Å². The van der Waals surface area contributed by atoms with E-state index >= 15 is 0 Å². The maximum atomic E-state index is 10.7. The molecule has 2 N–H and O–H groups in total. The van der Waals surface area contributed by atoms with E-state index in [0.29, 0.717) is 27.2 Å². The smallest absolute Gasteiger partial charge is 0.269 e. The number of rotatable bonds is 6. The lowest BCUT2D eigenvalue weighted by Gasteiger charge is -2.09. The molecular formula is C20H15BrClN3O3. The van der Waals surface area contributed by atoms with E-state index in [9.17, 15) is 15.2 Å². The number of halogens is 2. The molecule has 0 aliphatic rings. The summed E-state index contributed by atoms with van der Waals surface area (Å²) in [6, 6.07) is 17.1. The molecule has 3 rings (SSSR count). The first-order valence-electron chi connectivity index (χ1n) is 8.22. The fourth-order valence-electron chi connectivity index (χ4n) is 2.57. The average molecular weight is 461 g/mol. The topological polar surface area (TPSA) is 87.8 Å². The second-order valence-electron chi connectivity index (χ2n) is 5.96. The standard InChI is InChI=1S/C20H15BrClN3O3/c21-18-11-13(9-14-3-1-2-4-19(14)22)10-15(20(18)26)12-23-24-16-5-7-17(8-6-16)25(27)28/h1-8,10-12,24,26H,9H2/b23-12+. The summed E-state index contributed by atoms with van der Waals surface area (Å²) in [5, 5.41) is 25.7. The van der Waals surface area contributed by atoms with Gasteiger partial charge in [0.1, 0.15) is 5.75 Å². The Hall–Kier alpha value is -2.90. The number of benzene rings is 3. The van der Waals surface area contributed by atoms with E-state index in [1.54, 1.807) is 12.1 Å². The van der Waals surface area contributed by atoms with Crippen molar-refractivity contribution >= 4 is 45.1 Å². The number of nitrogens with zero attached hydrogens (tertiary/aromatic N) is 2. The number of nitro groups is 1. The molecule has 28 heavy (non-hydrogen) atoms. The van der Waals surface area contributed by atoms with E-state index in [0.717, 1.165) is 11.1 Å². The number of hydrogen-bond acceptors (Lipinski definition) is 5. The van der Waals surface area contributed by atoms with Gasteiger partial charge >= 0.3 is 0 Å². The minimum atomic E-state index is -0.465. The van der Waals surface area contributed by atoms with Crippen molar-refractivity contribution in [1.82, 2.24) is 0 Å². The largest absolute Gasteiger partial charge is 0.506 e. The first-order valence-corrected chi connectivity index (χ1v) is 9.39. The fourth-order valence-corrected chi connectivity index (χ4v) is 3.30. The Morgan fingerprint density at radius 3 is 2.57 bits per heavy atom. The highest BCUT2D eigenvalue weighted by Crippen LogP contribution is 2.30. The van der Waals surface area contributed by atoms with Crippen LogP contribution in [-0.2, 0) is 6.42 Å². The van der Waals surface area contributed by atoms with Crippen LogP contribution >= 0.6 is 27.5 Å². The second-order valence-corrected chi connectivity index (χ2v) is 7.22. The molecule has 0 atom stereocenters. The van der Waals surface area contributed by atoms with Gasteiger partial charge in [-0.05, 0) is 63.8 Å². The monoisotopic (exact) mass is 459 g/mol. The van der Waals surface area contributed by atoms with E-state index in [1.807, 2.05) is 36.4 Å². The highest BCUT2D eigenvalue weighted by atomic mass is 79.9. The maximum absolute atomic E-state index is 10.7. The minimum Gasteiger partial charge on any atom is -0.506 e. The molecule has 3 aromatic carbocycles. The third kappa shape index (κ3) is 4.88. The van der Waals surface area contributed by atoms with Crippen molar-refractivity contribution in [2.45, 2.75) is 6.42 Å². The molecule has 0 aliphatic heterocycles. The highest BCUT2D eigenvalue weighted by molar-refractivity contribution is 9.10. The number of phenols is 1. The van der Waals surface area contributed by atoms with Crippen LogP contribution in [0, 0.1) is 10.1 Å². The van der Waals surface area contributed by atoms with Crippen LogP contribution in [0.1, 0.15) is 16.7 Å². The predicted octanol–water partition coefficient (Wildman–Crippen LogP) is 5.75. The lowest BCUT2D eigenvalue weighted by Crippen LogP contribution is -1.95. The third-order valence-electron chi connectivity index (χ3n) is 3.98. The molecule has 0 fully saturated rings. The number of nitrogens with one attached hydrogen (secondary N) is 1. The van der Waals surface area contributed by atoms with E-state index in [1.165, 1.54) is 18.3 Å². The zero-order chi connectivity index (χ0) is 20.1. The fraction of sp³-hybridized carbons (Fsp3) is 0.0500. The summed E-state index contributed by atoms with van der Waals surface area (Å²) in [6.45, 7) is 0. The molecular weight excluding hydrogens is 446 g/mol. The van der Waals surface area contributed by atoms with Gasteiger partial charge in [-0.25, -0.2) is 0 Å². The molecule has 0 aliphatic carbocycles. The molecule has 0 saturated carbocycles. The van der Waals surface area contributed by atoms with Gasteiger partial charge in [0.15, 0.2) is 0 Å². The summed E-state index contributed by atoms with van der Waals surface area (Å²) in [5.74, 6) is 0.0668. The molecule has 0 spiro atoms. The van der Waals surface area contributed by atoms with E-state index in [2.05, 4.69) is 26.5 Å². The van der Waals surface area contributed by atoms with E-state index in [4.69, 9.17) is 11.6 Å². The van der Waals surface area contributed by atoms with Crippen LogP contribution in [0.25, 0.3) is 0 Å².